The van der Waals surface area contributed by atoms with Crippen molar-refractivity contribution in [1.82, 2.24) is 9.88 Å². The Labute approximate surface area is 145 Å². The van der Waals surface area contributed by atoms with Crippen LogP contribution in [0.15, 0.2) is 29.1 Å². The first-order chi connectivity index (χ1) is 11.8. The predicted octanol–water partition coefficient (Wildman–Crippen LogP) is 2.59. The molecule has 1 aromatic heterocycles. The number of pyridine rings is 1. The van der Waals surface area contributed by atoms with Crippen molar-refractivity contribution in [2.45, 2.75) is 33.2 Å². The Morgan fingerprint density at radius 3 is 2.64 bits per heavy atom. The number of carbonyl (C=O) groups excluding carboxylic acids is 1. The average molecular weight is 341 g/mol. The van der Waals surface area contributed by atoms with Crippen LogP contribution in [0.25, 0.3) is 0 Å². The molecule has 0 bridgehead atoms. The quantitative estimate of drug-likeness (QED) is 0.908. The number of H-pyrrole nitrogens is 1. The number of rotatable bonds is 5. The lowest BCUT2D eigenvalue weighted by Crippen LogP contribution is -2.27. The van der Waals surface area contributed by atoms with Gasteiger partial charge in [-0.05, 0) is 37.5 Å². The standard InChI is InChI=1S/C19H20FN3O2/c1-12-15(13(2)22-19(25)16(12)10-21)8-9-18(24)23(3)11-14-6-4-5-7-17(14)20/h4-7H,8-9,11H2,1-3H3,(H,22,25). The molecular weight excluding hydrogens is 321 g/mol. The maximum atomic E-state index is 13.7. The van der Waals surface area contributed by atoms with Crippen LogP contribution in [-0.2, 0) is 17.8 Å². The number of hydrogen-bond acceptors (Lipinski definition) is 3. The van der Waals surface area contributed by atoms with Crippen molar-refractivity contribution in [2.75, 3.05) is 7.05 Å². The van der Waals surface area contributed by atoms with Crippen LogP contribution in [0.1, 0.15) is 34.4 Å². The van der Waals surface area contributed by atoms with E-state index >= 15 is 0 Å². The number of nitrogens with one attached hydrogen (secondary N) is 1. The Morgan fingerprint density at radius 1 is 1.32 bits per heavy atom. The molecule has 0 fully saturated rings. The van der Waals surface area contributed by atoms with Crippen molar-refractivity contribution >= 4 is 5.91 Å². The van der Waals surface area contributed by atoms with Crippen LogP contribution in [0, 0.1) is 31.0 Å². The molecule has 0 atom stereocenters. The summed E-state index contributed by atoms with van der Waals surface area (Å²) in [5.74, 6) is -0.472. The summed E-state index contributed by atoms with van der Waals surface area (Å²) in [6, 6.07) is 8.25. The molecule has 1 amide bonds. The maximum Gasteiger partial charge on any atom is 0.266 e. The molecule has 5 nitrogen and oxygen atoms in total. The van der Waals surface area contributed by atoms with Gasteiger partial charge in [-0.1, -0.05) is 18.2 Å². The SMILES string of the molecule is Cc1[nH]c(=O)c(C#N)c(C)c1CCC(=O)N(C)Cc1ccccc1F. The molecule has 1 aromatic carbocycles. The number of halogens is 1. The summed E-state index contributed by atoms with van der Waals surface area (Å²) in [6.07, 6.45) is 0.618. The normalized spacial score (nSPS) is 10.4. The second-order valence-electron chi connectivity index (χ2n) is 6.01. The molecule has 0 saturated carbocycles. The van der Waals surface area contributed by atoms with Gasteiger partial charge in [-0.2, -0.15) is 5.26 Å². The van der Waals surface area contributed by atoms with Crippen LogP contribution >= 0.6 is 0 Å². The van der Waals surface area contributed by atoms with Crippen LogP contribution < -0.4 is 5.56 Å². The van der Waals surface area contributed by atoms with Crippen molar-refractivity contribution in [3.8, 4) is 6.07 Å². The van der Waals surface area contributed by atoms with E-state index in [0.29, 0.717) is 23.2 Å². The Morgan fingerprint density at radius 2 is 2.00 bits per heavy atom. The highest BCUT2D eigenvalue weighted by atomic mass is 19.1. The maximum absolute atomic E-state index is 13.7. The summed E-state index contributed by atoms with van der Waals surface area (Å²) in [7, 11) is 1.63. The fraction of sp³-hybridized carbons (Fsp3) is 0.316. The van der Waals surface area contributed by atoms with Crippen molar-refractivity contribution < 1.29 is 9.18 Å². The average Bonchev–Trinajstić information content (AvgIpc) is 2.56. The fourth-order valence-corrected chi connectivity index (χ4v) is 2.81. The number of nitriles is 1. The lowest BCUT2D eigenvalue weighted by Gasteiger charge is -2.18. The molecule has 130 valence electrons. The van der Waals surface area contributed by atoms with E-state index in [4.69, 9.17) is 5.26 Å². The van der Waals surface area contributed by atoms with Crippen LogP contribution in [-0.4, -0.2) is 22.8 Å². The molecule has 0 aliphatic carbocycles. The largest absolute Gasteiger partial charge is 0.341 e. The molecule has 0 spiro atoms. The Hall–Kier alpha value is -2.94. The van der Waals surface area contributed by atoms with Gasteiger partial charge in [-0.25, -0.2) is 4.39 Å². The van der Waals surface area contributed by atoms with E-state index in [-0.39, 0.29) is 30.3 Å². The van der Waals surface area contributed by atoms with Crippen LogP contribution in [0.5, 0.6) is 0 Å². The highest BCUT2D eigenvalue weighted by Crippen LogP contribution is 2.16. The first kappa shape index (κ1) is 18.4. The third-order valence-corrected chi connectivity index (χ3v) is 4.30. The van der Waals surface area contributed by atoms with E-state index in [1.165, 1.54) is 11.0 Å². The van der Waals surface area contributed by atoms with Gasteiger partial charge in [-0.3, -0.25) is 9.59 Å². The van der Waals surface area contributed by atoms with Gasteiger partial charge in [0.05, 0.1) is 0 Å². The van der Waals surface area contributed by atoms with Crippen molar-refractivity contribution in [3.63, 3.8) is 0 Å². The molecule has 0 unspecified atom stereocenters. The number of amides is 1. The number of hydrogen-bond donors (Lipinski definition) is 1. The number of aromatic nitrogens is 1. The molecule has 1 N–H and O–H groups in total. The van der Waals surface area contributed by atoms with Gasteiger partial charge < -0.3 is 9.88 Å². The fourth-order valence-electron chi connectivity index (χ4n) is 2.81. The Bertz CT molecular complexity index is 897. The van der Waals surface area contributed by atoms with Crippen molar-refractivity contribution in [2.24, 2.45) is 0 Å². The van der Waals surface area contributed by atoms with Crippen LogP contribution in [0.2, 0.25) is 0 Å². The Kier molecular flexibility index (Phi) is 5.71. The zero-order chi connectivity index (χ0) is 18.6. The van der Waals surface area contributed by atoms with Crippen LogP contribution in [0.3, 0.4) is 0 Å². The summed E-state index contributed by atoms with van der Waals surface area (Å²) in [6.45, 7) is 3.65. The van der Waals surface area contributed by atoms with E-state index < -0.39 is 5.56 Å². The summed E-state index contributed by atoms with van der Waals surface area (Å²) in [5.41, 5.74) is 2.18. The Balaban J connectivity index is 2.09. The minimum Gasteiger partial charge on any atom is -0.341 e. The number of aryl methyl sites for hydroxylation is 1. The minimum absolute atomic E-state index is 0.0766. The zero-order valence-corrected chi connectivity index (χ0v) is 14.5. The van der Waals surface area contributed by atoms with Gasteiger partial charge in [0, 0.05) is 31.3 Å². The molecule has 6 heteroatoms. The highest BCUT2D eigenvalue weighted by Gasteiger charge is 2.16. The molecule has 0 aliphatic heterocycles. The van der Waals surface area contributed by atoms with Gasteiger partial charge in [0.15, 0.2) is 0 Å². The predicted molar refractivity (Wildman–Crippen MR) is 92.4 cm³/mol. The van der Waals surface area contributed by atoms with Gasteiger partial charge in [-0.15, -0.1) is 0 Å². The number of benzene rings is 1. The molecule has 2 aromatic rings. The molecule has 25 heavy (non-hydrogen) atoms. The third-order valence-electron chi connectivity index (χ3n) is 4.30. The zero-order valence-electron chi connectivity index (χ0n) is 14.5. The number of carbonyl (C=O) groups is 1. The summed E-state index contributed by atoms with van der Waals surface area (Å²) in [5, 5.41) is 9.09. The van der Waals surface area contributed by atoms with Crippen molar-refractivity contribution in [1.29, 1.82) is 5.26 Å². The summed E-state index contributed by atoms with van der Waals surface area (Å²) >= 11 is 0. The van der Waals surface area contributed by atoms with Gasteiger partial charge in [0.25, 0.3) is 5.56 Å². The van der Waals surface area contributed by atoms with Crippen molar-refractivity contribution in [3.05, 3.63) is 68.4 Å². The molecular formula is C19H20FN3O2. The molecule has 1 heterocycles. The second-order valence-corrected chi connectivity index (χ2v) is 6.01. The lowest BCUT2D eigenvalue weighted by atomic mass is 9.99. The molecule has 0 aliphatic rings. The smallest absolute Gasteiger partial charge is 0.266 e. The van der Waals surface area contributed by atoms with Gasteiger partial charge in [0.2, 0.25) is 5.91 Å². The minimum atomic E-state index is -0.413. The topological polar surface area (TPSA) is 77.0 Å². The summed E-state index contributed by atoms with van der Waals surface area (Å²) < 4.78 is 13.7. The lowest BCUT2D eigenvalue weighted by molar-refractivity contribution is -0.130. The highest BCUT2D eigenvalue weighted by molar-refractivity contribution is 5.76. The van der Waals surface area contributed by atoms with Gasteiger partial charge >= 0.3 is 0 Å². The molecule has 2 rings (SSSR count). The molecule has 0 saturated heterocycles. The summed E-state index contributed by atoms with van der Waals surface area (Å²) in [4.78, 5) is 28.2. The van der Waals surface area contributed by atoms with E-state index in [0.717, 1.165) is 5.56 Å². The monoisotopic (exact) mass is 341 g/mol. The number of aromatic amines is 1. The van der Waals surface area contributed by atoms with Crippen LogP contribution in [0.4, 0.5) is 4.39 Å². The second kappa shape index (κ2) is 7.75. The van der Waals surface area contributed by atoms with Gasteiger partial charge in [0.1, 0.15) is 17.4 Å². The van der Waals surface area contributed by atoms with E-state index in [1.807, 2.05) is 6.07 Å². The first-order valence-electron chi connectivity index (χ1n) is 7.95. The van der Waals surface area contributed by atoms with E-state index in [2.05, 4.69) is 4.98 Å². The number of nitrogens with zero attached hydrogens (tertiary/aromatic N) is 2. The third kappa shape index (κ3) is 4.13. The molecule has 0 radical (unpaired) electrons. The first-order valence-corrected chi connectivity index (χ1v) is 7.95. The van der Waals surface area contributed by atoms with E-state index in [1.54, 1.807) is 39.1 Å². The van der Waals surface area contributed by atoms with E-state index in [9.17, 15) is 14.0 Å².